The number of carbonyl (C=O) groups is 1. The lowest BCUT2D eigenvalue weighted by molar-refractivity contribution is 0.140. The lowest BCUT2D eigenvalue weighted by Gasteiger charge is -2.23. The molecule has 9 heteroatoms. The van der Waals surface area contributed by atoms with Gasteiger partial charge in [0.25, 0.3) is 0 Å². The number of halogens is 1. The third-order valence-electron chi connectivity index (χ3n) is 3.41. The average molecular weight is 304 g/mol. The van der Waals surface area contributed by atoms with Gasteiger partial charge < -0.3 is 15.7 Å². The van der Waals surface area contributed by atoms with Gasteiger partial charge in [-0.25, -0.2) is 14.2 Å². The number of hydrogen-bond acceptors (Lipinski definition) is 4. The molecular formula is C13H13FN6O2. The van der Waals surface area contributed by atoms with Crippen LogP contribution in [0.1, 0.15) is 16.8 Å². The van der Waals surface area contributed by atoms with Crippen molar-refractivity contribution in [1.29, 1.82) is 0 Å². The molecule has 0 aliphatic carbocycles. The number of amides is 1. The number of nitrogens with zero attached hydrogens (tertiary/aromatic N) is 4. The molecule has 3 heterocycles. The number of amidine groups is 1. The van der Waals surface area contributed by atoms with E-state index in [0.29, 0.717) is 29.9 Å². The summed E-state index contributed by atoms with van der Waals surface area (Å²) in [6.45, 7) is 0.589. The summed E-state index contributed by atoms with van der Waals surface area (Å²) in [4.78, 5) is 20.2. The summed E-state index contributed by atoms with van der Waals surface area (Å²) in [6, 6.07) is 1.22. The summed E-state index contributed by atoms with van der Waals surface area (Å²) in [5.41, 5.74) is 7.69. The molecule has 2 aromatic heterocycles. The van der Waals surface area contributed by atoms with Gasteiger partial charge in [0.15, 0.2) is 5.82 Å². The second-order valence-electron chi connectivity index (χ2n) is 4.85. The highest BCUT2D eigenvalue weighted by Crippen LogP contribution is 2.26. The SMILES string of the molecule is NC(=Nc1n[nH]c2c1CN(C(=O)O)CC2)c1cncc(F)c1. The van der Waals surface area contributed by atoms with E-state index in [1.54, 1.807) is 0 Å². The summed E-state index contributed by atoms with van der Waals surface area (Å²) in [5, 5.41) is 16.0. The van der Waals surface area contributed by atoms with Gasteiger partial charge in [0.1, 0.15) is 11.7 Å². The van der Waals surface area contributed by atoms with Crippen LogP contribution in [0.5, 0.6) is 0 Å². The number of pyridine rings is 1. The maximum atomic E-state index is 13.2. The first-order chi connectivity index (χ1) is 10.5. The summed E-state index contributed by atoms with van der Waals surface area (Å²) >= 11 is 0. The molecule has 4 N–H and O–H groups in total. The quantitative estimate of drug-likeness (QED) is 0.565. The summed E-state index contributed by atoms with van der Waals surface area (Å²) in [6.07, 6.45) is 2.00. The van der Waals surface area contributed by atoms with Crippen LogP contribution in [0.2, 0.25) is 0 Å². The Labute approximate surface area is 124 Å². The number of nitrogens with two attached hydrogens (primary N) is 1. The van der Waals surface area contributed by atoms with Gasteiger partial charge >= 0.3 is 6.09 Å². The van der Waals surface area contributed by atoms with Crippen molar-refractivity contribution < 1.29 is 14.3 Å². The number of carboxylic acid groups (broad SMARTS) is 1. The maximum Gasteiger partial charge on any atom is 0.407 e. The number of hydrogen-bond donors (Lipinski definition) is 3. The molecule has 0 atom stereocenters. The first kappa shape index (κ1) is 14.0. The van der Waals surface area contributed by atoms with E-state index in [-0.39, 0.29) is 12.4 Å². The first-order valence-electron chi connectivity index (χ1n) is 6.53. The molecule has 0 saturated heterocycles. The molecule has 0 radical (unpaired) electrons. The van der Waals surface area contributed by atoms with E-state index < -0.39 is 11.9 Å². The van der Waals surface area contributed by atoms with Crippen LogP contribution < -0.4 is 5.73 Å². The molecule has 114 valence electrons. The smallest absolute Gasteiger partial charge is 0.407 e. The van der Waals surface area contributed by atoms with E-state index in [1.165, 1.54) is 17.2 Å². The fourth-order valence-electron chi connectivity index (χ4n) is 2.27. The van der Waals surface area contributed by atoms with E-state index in [4.69, 9.17) is 10.8 Å². The van der Waals surface area contributed by atoms with Gasteiger partial charge in [-0.3, -0.25) is 10.1 Å². The average Bonchev–Trinajstić information content (AvgIpc) is 2.89. The first-order valence-corrected chi connectivity index (χ1v) is 6.53. The molecule has 22 heavy (non-hydrogen) atoms. The van der Waals surface area contributed by atoms with Crippen LogP contribution in [-0.4, -0.2) is 43.7 Å². The Kier molecular flexibility index (Phi) is 3.45. The number of aromatic amines is 1. The Morgan fingerprint density at radius 1 is 1.50 bits per heavy atom. The Hall–Kier alpha value is -2.97. The van der Waals surface area contributed by atoms with Crippen molar-refractivity contribution in [2.24, 2.45) is 10.7 Å². The molecule has 1 amide bonds. The zero-order valence-electron chi connectivity index (χ0n) is 11.5. The molecule has 3 rings (SSSR count). The zero-order chi connectivity index (χ0) is 15.7. The second kappa shape index (κ2) is 5.43. The fourth-order valence-corrected chi connectivity index (χ4v) is 2.27. The van der Waals surface area contributed by atoms with Gasteiger partial charge in [-0.05, 0) is 6.07 Å². The lowest BCUT2D eigenvalue weighted by Crippen LogP contribution is -2.34. The Bertz CT molecular complexity index is 757. The maximum absolute atomic E-state index is 13.2. The minimum Gasteiger partial charge on any atom is -0.465 e. The normalized spacial score (nSPS) is 14.8. The summed E-state index contributed by atoms with van der Waals surface area (Å²) in [7, 11) is 0. The summed E-state index contributed by atoms with van der Waals surface area (Å²) < 4.78 is 13.2. The molecule has 1 aliphatic heterocycles. The summed E-state index contributed by atoms with van der Waals surface area (Å²) in [5.74, 6) is -0.145. The van der Waals surface area contributed by atoms with Crippen LogP contribution in [0.25, 0.3) is 0 Å². The molecule has 0 unspecified atom stereocenters. The van der Waals surface area contributed by atoms with Crippen LogP contribution >= 0.6 is 0 Å². The Morgan fingerprint density at radius 3 is 3.05 bits per heavy atom. The van der Waals surface area contributed by atoms with Crippen LogP contribution in [-0.2, 0) is 13.0 Å². The highest BCUT2D eigenvalue weighted by atomic mass is 19.1. The molecule has 8 nitrogen and oxygen atoms in total. The molecule has 1 aliphatic rings. The number of H-pyrrole nitrogens is 1. The van der Waals surface area contributed by atoms with E-state index in [0.717, 1.165) is 11.9 Å². The van der Waals surface area contributed by atoms with Crippen molar-refractivity contribution in [3.8, 4) is 0 Å². The number of rotatable bonds is 2. The van der Waals surface area contributed by atoms with Crippen molar-refractivity contribution in [2.75, 3.05) is 6.54 Å². The van der Waals surface area contributed by atoms with Gasteiger partial charge in [-0.1, -0.05) is 0 Å². The molecule has 2 aromatic rings. The van der Waals surface area contributed by atoms with Gasteiger partial charge in [0.2, 0.25) is 0 Å². The third kappa shape index (κ3) is 2.60. The fraction of sp³-hybridized carbons (Fsp3) is 0.231. The zero-order valence-corrected chi connectivity index (χ0v) is 11.5. The van der Waals surface area contributed by atoms with Crippen LogP contribution in [0.3, 0.4) is 0 Å². The van der Waals surface area contributed by atoms with Crippen LogP contribution in [0, 0.1) is 5.82 Å². The molecular weight excluding hydrogens is 291 g/mol. The number of nitrogens with one attached hydrogen (secondary N) is 1. The van der Waals surface area contributed by atoms with E-state index >= 15 is 0 Å². The Balaban J connectivity index is 1.92. The van der Waals surface area contributed by atoms with Crippen molar-refractivity contribution in [3.05, 3.63) is 41.1 Å². The number of aromatic nitrogens is 3. The standard InChI is InChI=1S/C13H13FN6O2/c14-8-3-7(4-16-5-8)11(15)17-12-9-6-20(13(21)22)2-1-10(9)18-19-12/h3-5H,1-2,6H2,(H,21,22)(H3,15,17,18,19). The predicted molar refractivity (Wildman–Crippen MR) is 75.3 cm³/mol. The van der Waals surface area contributed by atoms with Crippen molar-refractivity contribution in [1.82, 2.24) is 20.1 Å². The highest BCUT2D eigenvalue weighted by Gasteiger charge is 2.24. The minimum absolute atomic E-state index is 0.0637. The molecule has 0 aromatic carbocycles. The van der Waals surface area contributed by atoms with Gasteiger partial charge in [-0.15, -0.1) is 0 Å². The number of fused-ring (bicyclic) bond motifs is 1. The van der Waals surface area contributed by atoms with Crippen molar-refractivity contribution >= 4 is 17.7 Å². The van der Waals surface area contributed by atoms with Crippen molar-refractivity contribution in [2.45, 2.75) is 13.0 Å². The molecule has 0 spiro atoms. The van der Waals surface area contributed by atoms with Crippen molar-refractivity contribution in [3.63, 3.8) is 0 Å². The third-order valence-corrected chi connectivity index (χ3v) is 3.41. The molecule has 0 saturated carbocycles. The molecule has 0 bridgehead atoms. The number of aliphatic imine (C=N–C) groups is 1. The van der Waals surface area contributed by atoms with Gasteiger partial charge in [0, 0.05) is 36.0 Å². The van der Waals surface area contributed by atoms with E-state index in [1.807, 2.05) is 0 Å². The monoisotopic (exact) mass is 304 g/mol. The predicted octanol–water partition coefficient (Wildman–Crippen LogP) is 1.02. The van der Waals surface area contributed by atoms with E-state index in [2.05, 4.69) is 20.2 Å². The van der Waals surface area contributed by atoms with Crippen LogP contribution in [0.4, 0.5) is 15.0 Å². The van der Waals surface area contributed by atoms with Crippen LogP contribution in [0.15, 0.2) is 23.5 Å². The Morgan fingerprint density at radius 2 is 2.32 bits per heavy atom. The van der Waals surface area contributed by atoms with E-state index in [9.17, 15) is 9.18 Å². The largest absolute Gasteiger partial charge is 0.465 e. The molecule has 0 fully saturated rings. The lowest BCUT2D eigenvalue weighted by atomic mass is 10.1. The van der Waals surface area contributed by atoms with Gasteiger partial charge in [0.05, 0.1) is 12.7 Å². The van der Waals surface area contributed by atoms with Gasteiger partial charge in [-0.2, -0.15) is 5.10 Å². The second-order valence-corrected chi connectivity index (χ2v) is 4.85. The topological polar surface area (TPSA) is 120 Å². The highest BCUT2D eigenvalue weighted by molar-refractivity contribution is 5.98. The minimum atomic E-state index is -0.996.